The maximum Gasteiger partial charge on any atom is 0.245 e. The predicted octanol–water partition coefficient (Wildman–Crippen LogP) is 1.62. The van der Waals surface area contributed by atoms with Gasteiger partial charge in [0.1, 0.15) is 30.2 Å². The van der Waals surface area contributed by atoms with E-state index in [0.29, 0.717) is 17.9 Å². The molecular weight excluding hydrogens is 418 g/mol. The third kappa shape index (κ3) is 4.56. The fourth-order valence-corrected chi connectivity index (χ4v) is 4.37. The Hall–Kier alpha value is -3.79. The summed E-state index contributed by atoms with van der Waals surface area (Å²) in [4.78, 5) is 32.7. The number of hydrogen-bond donors (Lipinski definition) is 3. The molecule has 33 heavy (non-hydrogen) atoms. The fourth-order valence-electron chi connectivity index (χ4n) is 4.37. The van der Waals surface area contributed by atoms with Crippen LogP contribution in [0.15, 0.2) is 48.1 Å². The Morgan fingerprint density at radius 1 is 1.15 bits per heavy atom. The highest BCUT2D eigenvalue weighted by atomic mass is 16.2. The number of nitrogens with zero attached hydrogens (tertiary/aromatic N) is 6. The van der Waals surface area contributed by atoms with E-state index in [2.05, 4.69) is 54.6 Å². The van der Waals surface area contributed by atoms with Crippen LogP contribution in [0.1, 0.15) is 19.4 Å². The Balaban J connectivity index is 1.29. The number of carbonyl (C=O) groups excluding carboxylic acids is 1. The van der Waals surface area contributed by atoms with Gasteiger partial charge in [-0.25, -0.2) is 15.0 Å². The van der Waals surface area contributed by atoms with Gasteiger partial charge in [0.25, 0.3) is 0 Å². The number of anilines is 2. The highest BCUT2D eigenvalue weighted by Crippen LogP contribution is 2.25. The normalized spacial score (nSPS) is 20.4. The summed E-state index contributed by atoms with van der Waals surface area (Å²) in [6.45, 7) is 6.96. The molecule has 2 unspecified atom stereocenters. The molecule has 0 aromatic carbocycles. The molecule has 0 saturated carbocycles. The van der Waals surface area contributed by atoms with Crippen LogP contribution in [0.25, 0.3) is 16.7 Å². The second kappa shape index (κ2) is 8.99. The van der Waals surface area contributed by atoms with Gasteiger partial charge in [-0.3, -0.25) is 9.79 Å². The summed E-state index contributed by atoms with van der Waals surface area (Å²) < 4.78 is 1.84. The maximum atomic E-state index is 12.7. The van der Waals surface area contributed by atoms with E-state index >= 15 is 0 Å². The topological polar surface area (TPSA) is 112 Å². The van der Waals surface area contributed by atoms with E-state index in [1.165, 1.54) is 0 Å². The van der Waals surface area contributed by atoms with Crippen molar-refractivity contribution in [3.63, 3.8) is 0 Å². The Morgan fingerprint density at radius 3 is 2.73 bits per heavy atom. The summed E-state index contributed by atoms with van der Waals surface area (Å²) in [7, 11) is 0. The molecule has 10 heteroatoms. The zero-order valence-electron chi connectivity index (χ0n) is 18.7. The number of fused-ring (bicyclic) bond motifs is 1. The van der Waals surface area contributed by atoms with Gasteiger partial charge in [-0.15, -0.1) is 0 Å². The molecule has 1 saturated heterocycles. The number of piperazine rings is 1. The van der Waals surface area contributed by atoms with Crippen LogP contribution in [0.2, 0.25) is 0 Å². The van der Waals surface area contributed by atoms with Crippen LogP contribution in [-0.4, -0.2) is 63.4 Å². The van der Waals surface area contributed by atoms with Crippen LogP contribution in [0.4, 0.5) is 11.6 Å². The van der Waals surface area contributed by atoms with Gasteiger partial charge < -0.3 is 25.4 Å². The van der Waals surface area contributed by atoms with Crippen molar-refractivity contribution in [2.24, 2.45) is 4.99 Å². The van der Waals surface area contributed by atoms with Crippen molar-refractivity contribution in [2.75, 3.05) is 29.9 Å². The number of carbonyl (C=O) groups is 1. The Bertz CT molecular complexity index is 1200. The first kappa shape index (κ1) is 21.1. The number of aliphatic imine (C=N–C) groups is 1. The molecule has 5 heterocycles. The zero-order valence-corrected chi connectivity index (χ0v) is 18.7. The summed E-state index contributed by atoms with van der Waals surface area (Å²) in [5, 5.41) is 10.5. The van der Waals surface area contributed by atoms with Gasteiger partial charge in [-0.05, 0) is 32.0 Å². The Kier molecular flexibility index (Phi) is 5.74. The molecule has 2 atom stereocenters. The highest BCUT2D eigenvalue weighted by Gasteiger charge is 2.24. The minimum Gasteiger partial charge on any atom is -0.384 e. The molecule has 2 aliphatic heterocycles. The minimum absolute atomic E-state index is 0.136. The van der Waals surface area contributed by atoms with E-state index in [0.717, 1.165) is 47.7 Å². The summed E-state index contributed by atoms with van der Waals surface area (Å²) in [6.07, 6.45) is 8.82. The Labute approximate surface area is 191 Å². The Morgan fingerprint density at radius 2 is 2.00 bits per heavy atom. The molecule has 3 aromatic rings. The second-order valence-corrected chi connectivity index (χ2v) is 8.48. The quantitative estimate of drug-likeness (QED) is 0.547. The highest BCUT2D eigenvalue weighted by molar-refractivity contribution is 5.93. The van der Waals surface area contributed by atoms with Crippen LogP contribution < -0.4 is 20.9 Å². The first-order valence-corrected chi connectivity index (χ1v) is 11.1. The zero-order chi connectivity index (χ0) is 22.8. The standard InChI is InChI=1S/C23H27N9O/c1-15-11-32(12-16(2)29-15)23-18-5-8-31(22(18)27-14-28-23)13-21(33)30-20-4-3-17(9-26-20)19-10-24-6-7-25-19/h3-5,7-10,14-16,24,29H,6,11-13H2,1-2H3,(H,26,30,33). The van der Waals surface area contributed by atoms with E-state index in [1.54, 1.807) is 18.6 Å². The second-order valence-electron chi connectivity index (χ2n) is 8.48. The lowest BCUT2D eigenvalue weighted by molar-refractivity contribution is -0.116. The van der Waals surface area contributed by atoms with E-state index in [4.69, 9.17) is 0 Å². The minimum atomic E-state index is -0.172. The molecule has 170 valence electrons. The third-order valence-electron chi connectivity index (χ3n) is 5.71. The molecule has 5 rings (SSSR count). The van der Waals surface area contributed by atoms with Crippen molar-refractivity contribution < 1.29 is 4.79 Å². The molecule has 1 amide bonds. The first-order chi connectivity index (χ1) is 16.1. The van der Waals surface area contributed by atoms with Crippen molar-refractivity contribution in [1.29, 1.82) is 0 Å². The number of rotatable bonds is 5. The van der Waals surface area contributed by atoms with Gasteiger partial charge in [-0.2, -0.15) is 0 Å². The average Bonchev–Trinajstić information content (AvgIpc) is 3.22. The molecule has 0 bridgehead atoms. The van der Waals surface area contributed by atoms with Gasteiger partial charge in [0, 0.05) is 62.1 Å². The number of amides is 1. The lowest BCUT2D eigenvalue weighted by atomic mass is 10.1. The molecule has 1 fully saturated rings. The molecule has 3 aromatic heterocycles. The summed E-state index contributed by atoms with van der Waals surface area (Å²) in [6, 6.07) is 6.40. The maximum absolute atomic E-state index is 12.7. The molecule has 2 aliphatic rings. The van der Waals surface area contributed by atoms with Crippen molar-refractivity contribution in [1.82, 2.24) is 30.2 Å². The van der Waals surface area contributed by atoms with Crippen molar-refractivity contribution >= 4 is 40.5 Å². The van der Waals surface area contributed by atoms with Gasteiger partial charge in [-0.1, -0.05) is 0 Å². The van der Waals surface area contributed by atoms with Crippen LogP contribution in [0, 0.1) is 0 Å². The number of nitrogens with one attached hydrogen (secondary N) is 3. The van der Waals surface area contributed by atoms with Crippen LogP contribution >= 0.6 is 0 Å². The lowest BCUT2D eigenvalue weighted by Crippen LogP contribution is -2.54. The molecular formula is C23H27N9O. The van der Waals surface area contributed by atoms with Crippen LogP contribution in [0.3, 0.4) is 0 Å². The molecule has 3 N–H and O–H groups in total. The van der Waals surface area contributed by atoms with Crippen LogP contribution in [-0.2, 0) is 11.3 Å². The number of aromatic nitrogens is 4. The van der Waals surface area contributed by atoms with Gasteiger partial charge in [0.05, 0.1) is 11.1 Å². The smallest absolute Gasteiger partial charge is 0.245 e. The predicted molar refractivity (Wildman–Crippen MR) is 129 cm³/mol. The fraction of sp³-hybridized carbons (Fsp3) is 0.348. The molecule has 0 aliphatic carbocycles. The average molecular weight is 446 g/mol. The van der Waals surface area contributed by atoms with Crippen molar-refractivity contribution in [2.45, 2.75) is 32.5 Å². The number of pyridine rings is 1. The third-order valence-corrected chi connectivity index (χ3v) is 5.71. The largest absolute Gasteiger partial charge is 0.384 e. The summed E-state index contributed by atoms with van der Waals surface area (Å²) in [5.74, 6) is 1.23. The van der Waals surface area contributed by atoms with Gasteiger partial charge >= 0.3 is 0 Å². The van der Waals surface area contributed by atoms with E-state index < -0.39 is 0 Å². The van der Waals surface area contributed by atoms with Crippen molar-refractivity contribution in [3.05, 3.63) is 48.7 Å². The first-order valence-electron chi connectivity index (χ1n) is 11.1. The van der Waals surface area contributed by atoms with E-state index in [9.17, 15) is 4.79 Å². The van der Waals surface area contributed by atoms with E-state index in [1.807, 2.05) is 35.3 Å². The van der Waals surface area contributed by atoms with Crippen LogP contribution in [0.5, 0.6) is 0 Å². The van der Waals surface area contributed by atoms with Gasteiger partial charge in [0.2, 0.25) is 5.91 Å². The summed E-state index contributed by atoms with van der Waals surface area (Å²) >= 11 is 0. The molecule has 0 spiro atoms. The summed E-state index contributed by atoms with van der Waals surface area (Å²) in [5.41, 5.74) is 2.44. The SMILES string of the molecule is CC1CN(c2ncnc3c2ccn3CC(=O)Nc2ccc(C3=CNCC=N3)cn2)CC(C)N1. The van der Waals surface area contributed by atoms with Gasteiger partial charge in [0.15, 0.2) is 0 Å². The lowest BCUT2D eigenvalue weighted by Gasteiger charge is -2.37. The van der Waals surface area contributed by atoms with Crippen molar-refractivity contribution in [3.8, 4) is 0 Å². The number of hydrogen-bond acceptors (Lipinski definition) is 8. The monoisotopic (exact) mass is 445 g/mol. The van der Waals surface area contributed by atoms with E-state index in [-0.39, 0.29) is 12.5 Å². The molecule has 10 nitrogen and oxygen atoms in total. The molecule has 0 radical (unpaired) electrons.